The fraction of sp³-hybridized carbons (Fsp3) is 0.273. The zero-order chi connectivity index (χ0) is 21.8. The summed E-state index contributed by atoms with van der Waals surface area (Å²) in [7, 11) is 0. The van der Waals surface area contributed by atoms with Gasteiger partial charge in [-0.1, -0.05) is 37.6 Å². The molecule has 7 nitrogen and oxygen atoms in total. The van der Waals surface area contributed by atoms with Crippen LogP contribution in [0.3, 0.4) is 0 Å². The summed E-state index contributed by atoms with van der Waals surface area (Å²) in [5, 5.41) is 3.15. The van der Waals surface area contributed by atoms with Crippen LogP contribution >= 0.6 is 11.6 Å². The third-order valence-electron chi connectivity index (χ3n) is 4.62. The molecule has 0 bridgehead atoms. The van der Waals surface area contributed by atoms with Crippen LogP contribution in [0.2, 0.25) is 5.02 Å². The summed E-state index contributed by atoms with van der Waals surface area (Å²) < 4.78 is 5.23. The molecule has 0 radical (unpaired) electrons. The van der Waals surface area contributed by atoms with Crippen LogP contribution in [0.4, 0.5) is 0 Å². The number of amides is 3. The van der Waals surface area contributed by atoms with Crippen molar-refractivity contribution in [2.24, 2.45) is 5.92 Å². The van der Waals surface area contributed by atoms with Gasteiger partial charge in [0.25, 0.3) is 17.7 Å². The molecule has 2 aromatic rings. The van der Waals surface area contributed by atoms with Gasteiger partial charge in [-0.3, -0.25) is 14.4 Å². The van der Waals surface area contributed by atoms with Gasteiger partial charge in [-0.15, -0.1) is 0 Å². The first-order valence-corrected chi connectivity index (χ1v) is 9.84. The largest absolute Gasteiger partial charge is 0.442 e. The predicted molar refractivity (Wildman–Crippen MR) is 110 cm³/mol. The summed E-state index contributed by atoms with van der Waals surface area (Å²) in [5.74, 6) is -2.12. The fourth-order valence-corrected chi connectivity index (χ4v) is 3.24. The molecular weight excluding hydrogens is 408 g/mol. The highest BCUT2D eigenvalue weighted by molar-refractivity contribution is 6.30. The molecule has 0 aliphatic carbocycles. The monoisotopic (exact) mass is 428 g/mol. The van der Waals surface area contributed by atoms with Gasteiger partial charge in [0.2, 0.25) is 0 Å². The second-order valence-electron chi connectivity index (χ2n) is 7.34. The van der Waals surface area contributed by atoms with Gasteiger partial charge in [0, 0.05) is 10.6 Å². The summed E-state index contributed by atoms with van der Waals surface area (Å²) in [6, 6.07) is 11.7. The Morgan fingerprint density at radius 2 is 1.57 bits per heavy atom. The average Bonchev–Trinajstić information content (AvgIpc) is 2.96. The summed E-state index contributed by atoms with van der Waals surface area (Å²) in [6.07, 6.45) is 0.334. The lowest BCUT2D eigenvalue weighted by molar-refractivity contribution is -0.149. The second-order valence-corrected chi connectivity index (χ2v) is 7.78. The van der Waals surface area contributed by atoms with Gasteiger partial charge in [-0.25, -0.2) is 9.69 Å². The van der Waals surface area contributed by atoms with E-state index in [2.05, 4.69) is 5.32 Å². The maximum Gasteiger partial charge on any atom is 0.330 e. The minimum absolute atomic E-state index is 0.0902. The highest BCUT2D eigenvalue weighted by atomic mass is 35.5. The molecular formula is C22H21ClN2O5. The number of hydrogen-bond acceptors (Lipinski definition) is 5. The number of nitrogens with one attached hydrogen (secondary N) is 1. The quantitative estimate of drug-likeness (QED) is 0.539. The molecule has 30 heavy (non-hydrogen) atoms. The van der Waals surface area contributed by atoms with Gasteiger partial charge in [-0.2, -0.15) is 0 Å². The Bertz CT molecular complexity index is 952. The lowest BCUT2D eigenvalue weighted by atomic mass is 10.0. The number of carbonyl (C=O) groups is 4. The van der Waals surface area contributed by atoms with Gasteiger partial charge >= 0.3 is 5.97 Å². The smallest absolute Gasteiger partial charge is 0.330 e. The number of imide groups is 1. The van der Waals surface area contributed by atoms with E-state index >= 15 is 0 Å². The van der Waals surface area contributed by atoms with Crippen molar-refractivity contribution in [2.45, 2.75) is 26.3 Å². The first-order chi connectivity index (χ1) is 14.3. The molecule has 156 valence electrons. The molecule has 2 aromatic carbocycles. The summed E-state index contributed by atoms with van der Waals surface area (Å²) in [4.78, 5) is 50.8. The van der Waals surface area contributed by atoms with Gasteiger partial charge in [-0.05, 0) is 48.7 Å². The summed E-state index contributed by atoms with van der Waals surface area (Å²) in [5.41, 5.74) is 0.892. The number of halogens is 1. The van der Waals surface area contributed by atoms with Gasteiger partial charge in [0.05, 0.1) is 11.1 Å². The second kappa shape index (κ2) is 9.09. The third-order valence-corrected chi connectivity index (χ3v) is 4.87. The van der Waals surface area contributed by atoms with Crippen molar-refractivity contribution >= 4 is 35.3 Å². The van der Waals surface area contributed by atoms with Gasteiger partial charge in [0.1, 0.15) is 6.04 Å². The number of carbonyl (C=O) groups excluding carboxylic acids is 4. The fourth-order valence-electron chi connectivity index (χ4n) is 3.11. The molecule has 0 saturated carbocycles. The molecule has 0 saturated heterocycles. The summed E-state index contributed by atoms with van der Waals surface area (Å²) in [6.45, 7) is 3.29. The number of hydrogen-bond donors (Lipinski definition) is 1. The van der Waals surface area contributed by atoms with Crippen molar-refractivity contribution in [3.8, 4) is 0 Å². The standard InChI is InChI=1S/C22H21ClN2O5/c1-13(2)11-18(24-19(26)14-7-9-15(23)10-8-14)22(29)30-12-25-20(27)16-5-3-4-6-17(16)21(25)28/h3-10,13,18H,11-12H2,1-2H3,(H,24,26). The molecule has 3 amide bonds. The van der Waals surface area contributed by atoms with Crippen LogP contribution in [-0.4, -0.2) is 41.4 Å². The zero-order valence-corrected chi connectivity index (χ0v) is 17.3. The Kier molecular flexibility index (Phi) is 6.52. The zero-order valence-electron chi connectivity index (χ0n) is 16.6. The van der Waals surface area contributed by atoms with E-state index in [1.54, 1.807) is 48.5 Å². The van der Waals surface area contributed by atoms with Crippen LogP contribution in [-0.2, 0) is 9.53 Å². The van der Waals surface area contributed by atoms with Crippen molar-refractivity contribution in [1.29, 1.82) is 0 Å². The lowest BCUT2D eigenvalue weighted by Gasteiger charge is -2.21. The van der Waals surface area contributed by atoms with Crippen LogP contribution in [0.5, 0.6) is 0 Å². The van der Waals surface area contributed by atoms with E-state index in [1.165, 1.54) is 0 Å². The van der Waals surface area contributed by atoms with Crippen LogP contribution in [0, 0.1) is 5.92 Å². The van der Waals surface area contributed by atoms with Crippen LogP contribution in [0.25, 0.3) is 0 Å². The van der Waals surface area contributed by atoms with Crippen molar-refractivity contribution in [2.75, 3.05) is 6.73 Å². The van der Waals surface area contributed by atoms with E-state index < -0.39 is 36.5 Å². The highest BCUT2D eigenvalue weighted by Gasteiger charge is 2.36. The molecule has 3 rings (SSSR count). The molecule has 1 heterocycles. The number of esters is 1. The van der Waals surface area contributed by atoms with E-state index in [9.17, 15) is 19.2 Å². The molecule has 1 N–H and O–H groups in total. The van der Waals surface area contributed by atoms with E-state index in [1.807, 2.05) is 13.8 Å². The highest BCUT2D eigenvalue weighted by Crippen LogP contribution is 2.22. The van der Waals surface area contributed by atoms with Crippen LogP contribution in [0.15, 0.2) is 48.5 Å². The van der Waals surface area contributed by atoms with Gasteiger partial charge < -0.3 is 10.1 Å². The Balaban J connectivity index is 1.66. The lowest BCUT2D eigenvalue weighted by Crippen LogP contribution is -2.44. The van der Waals surface area contributed by atoms with Crippen LogP contribution < -0.4 is 5.32 Å². The minimum atomic E-state index is -0.927. The van der Waals surface area contributed by atoms with E-state index in [0.717, 1.165) is 4.90 Å². The van der Waals surface area contributed by atoms with Crippen molar-refractivity contribution in [3.63, 3.8) is 0 Å². The van der Waals surface area contributed by atoms with E-state index in [0.29, 0.717) is 17.0 Å². The topological polar surface area (TPSA) is 92.8 Å². The van der Waals surface area contributed by atoms with E-state index in [-0.39, 0.29) is 17.0 Å². The molecule has 1 atom stereocenters. The maximum absolute atomic E-state index is 12.6. The predicted octanol–water partition coefficient (Wildman–Crippen LogP) is 3.28. The first kappa shape index (κ1) is 21.5. The molecule has 1 aliphatic heterocycles. The number of benzene rings is 2. The number of ether oxygens (including phenoxy) is 1. The van der Waals surface area contributed by atoms with Crippen molar-refractivity contribution < 1.29 is 23.9 Å². The SMILES string of the molecule is CC(C)CC(NC(=O)c1ccc(Cl)cc1)C(=O)OCN1C(=O)c2ccccc2C1=O. The molecule has 0 aromatic heterocycles. The third kappa shape index (κ3) is 4.68. The summed E-state index contributed by atoms with van der Waals surface area (Å²) >= 11 is 5.84. The number of fused-ring (bicyclic) bond motifs is 1. The van der Waals surface area contributed by atoms with E-state index in [4.69, 9.17) is 16.3 Å². The molecule has 1 aliphatic rings. The normalized spacial score (nSPS) is 13.9. The average molecular weight is 429 g/mol. The molecule has 0 fully saturated rings. The Morgan fingerprint density at radius 1 is 1.00 bits per heavy atom. The number of nitrogens with zero attached hydrogens (tertiary/aromatic N) is 1. The molecule has 8 heteroatoms. The van der Waals surface area contributed by atoms with Crippen molar-refractivity contribution in [1.82, 2.24) is 10.2 Å². The number of rotatable bonds is 7. The molecule has 0 spiro atoms. The maximum atomic E-state index is 12.6. The molecule has 1 unspecified atom stereocenters. The Hall–Kier alpha value is -3.19. The Morgan fingerprint density at radius 3 is 2.10 bits per heavy atom. The van der Waals surface area contributed by atoms with Crippen LogP contribution in [0.1, 0.15) is 51.3 Å². The minimum Gasteiger partial charge on any atom is -0.442 e. The Labute approximate surface area is 179 Å². The van der Waals surface area contributed by atoms with Crippen molar-refractivity contribution in [3.05, 3.63) is 70.2 Å². The first-order valence-electron chi connectivity index (χ1n) is 9.46. The van der Waals surface area contributed by atoms with Gasteiger partial charge in [0.15, 0.2) is 6.73 Å².